The summed E-state index contributed by atoms with van der Waals surface area (Å²) in [6, 6.07) is 92.8. The molecular weight excluding hydrogens is 773 g/mol. The number of para-hydroxylation sites is 2. The summed E-state index contributed by atoms with van der Waals surface area (Å²) in [5.74, 6) is 0. The van der Waals surface area contributed by atoms with Gasteiger partial charge in [0.25, 0.3) is 0 Å². The quantitative estimate of drug-likeness (QED) is 0.148. The molecule has 11 aromatic carbocycles. The minimum Gasteiger partial charge on any atom is -0.310 e. The molecule has 0 fully saturated rings. The summed E-state index contributed by atoms with van der Waals surface area (Å²) in [5.41, 5.74) is 16.3. The summed E-state index contributed by atoms with van der Waals surface area (Å²) in [7, 11) is 0. The largest absolute Gasteiger partial charge is 0.310 e. The summed E-state index contributed by atoms with van der Waals surface area (Å²) in [5, 5.41) is 7.39. The van der Waals surface area contributed by atoms with Crippen LogP contribution in [0, 0.1) is 0 Å². The maximum Gasteiger partial charge on any atom is 0.0541 e. The van der Waals surface area contributed by atoms with Gasteiger partial charge in [-0.05, 0) is 121 Å². The highest BCUT2D eigenvalue weighted by Crippen LogP contribution is 2.45. The van der Waals surface area contributed by atoms with Crippen LogP contribution in [-0.2, 0) is 0 Å². The fraction of sp³-hybridized carbons (Fsp3) is 0. The lowest BCUT2D eigenvalue weighted by molar-refractivity contribution is 1.18. The number of rotatable bonds is 8. The summed E-state index contributed by atoms with van der Waals surface area (Å²) in [4.78, 5) is 2.44. The first kappa shape index (κ1) is 37.3. The first-order chi connectivity index (χ1) is 31.7. The van der Waals surface area contributed by atoms with Crippen molar-refractivity contribution in [1.82, 2.24) is 4.57 Å². The Kier molecular flexibility index (Phi) is 9.20. The van der Waals surface area contributed by atoms with Crippen LogP contribution in [0.5, 0.6) is 0 Å². The lowest BCUT2D eigenvalue weighted by Crippen LogP contribution is -2.11. The summed E-state index contributed by atoms with van der Waals surface area (Å²) >= 11 is 0. The zero-order chi connectivity index (χ0) is 42.4. The Morgan fingerprint density at radius 3 is 1.53 bits per heavy atom. The number of hydrogen-bond donors (Lipinski definition) is 0. The average molecular weight is 815 g/mol. The lowest BCUT2D eigenvalue weighted by atomic mass is 9.92. The van der Waals surface area contributed by atoms with Crippen LogP contribution in [0.3, 0.4) is 0 Å². The van der Waals surface area contributed by atoms with Crippen molar-refractivity contribution in [3.05, 3.63) is 255 Å². The highest BCUT2D eigenvalue weighted by atomic mass is 15.1. The standard InChI is InChI=1S/C62H42N2/c1-3-16-43(17-4-1)45-32-34-50(35-33-45)63(62-39-38-53(55-24-9-10-25-56(55)62)49-31-30-44-18-7-8-21-47(44)40-49)52-36-37-54(59(42-52)46-19-5-2-6-20-46)48-22-15-23-51(41-48)64-60-28-13-11-26-57(60)58-27-12-14-29-61(58)64/h1-42H. The second-order valence-corrected chi connectivity index (χ2v) is 16.5. The van der Waals surface area contributed by atoms with Gasteiger partial charge in [-0.2, -0.15) is 0 Å². The van der Waals surface area contributed by atoms with Crippen LogP contribution in [0.2, 0.25) is 0 Å². The lowest BCUT2D eigenvalue weighted by Gasteiger charge is -2.29. The van der Waals surface area contributed by atoms with Crippen molar-refractivity contribution in [2.45, 2.75) is 0 Å². The third kappa shape index (κ3) is 6.52. The first-order valence-electron chi connectivity index (χ1n) is 22.0. The average Bonchev–Trinajstić information content (AvgIpc) is 3.71. The minimum absolute atomic E-state index is 1.08. The van der Waals surface area contributed by atoms with E-state index in [9.17, 15) is 0 Å². The first-order valence-corrected chi connectivity index (χ1v) is 22.0. The molecule has 0 radical (unpaired) electrons. The van der Waals surface area contributed by atoms with E-state index >= 15 is 0 Å². The van der Waals surface area contributed by atoms with Crippen LogP contribution in [0.4, 0.5) is 17.1 Å². The Labute approximate surface area is 373 Å². The van der Waals surface area contributed by atoms with Crippen LogP contribution in [-0.4, -0.2) is 4.57 Å². The molecule has 0 amide bonds. The molecule has 0 aliphatic carbocycles. The highest BCUT2D eigenvalue weighted by molar-refractivity contribution is 6.10. The fourth-order valence-corrected chi connectivity index (χ4v) is 9.74. The van der Waals surface area contributed by atoms with Gasteiger partial charge in [0.1, 0.15) is 0 Å². The molecule has 0 bridgehead atoms. The number of benzene rings is 11. The normalized spacial score (nSPS) is 11.4. The van der Waals surface area contributed by atoms with Gasteiger partial charge in [0.2, 0.25) is 0 Å². The molecule has 0 aliphatic rings. The maximum atomic E-state index is 2.44. The molecule has 64 heavy (non-hydrogen) atoms. The molecule has 12 rings (SSSR count). The summed E-state index contributed by atoms with van der Waals surface area (Å²) in [6.45, 7) is 0. The molecular formula is C62H42N2. The third-order valence-corrected chi connectivity index (χ3v) is 12.8. The fourth-order valence-electron chi connectivity index (χ4n) is 9.74. The van der Waals surface area contributed by atoms with E-state index in [1.54, 1.807) is 0 Å². The van der Waals surface area contributed by atoms with Crippen molar-refractivity contribution in [2.24, 2.45) is 0 Å². The van der Waals surface area contributed by atoms with Gasteiger partial charge < -0.3 is 9.47 Å². The Morgan fingerprint density at radius 2 is 0.797 bits per heavy atom. The smallest absolute Gasteiger partial charge is 0.0541 e. The number of aromatic nitrogens is 1. The zero-order valence-electron chi connectivity index (χ0n) is 35.1. The van der Waals surface area contributed by atoms with Gasteiger partial charge in [0, 0.05) is 33.2 Å². The van der Waals surface area contributed by atoms with Gasteiger partial charge in [0.05, 0.1) is 16.7 Å². The Morgan fingerprint density at radius 1 is 0.266 bits per heavy atom. The van der Waals surface area contributed by atoms with E-state index in [2.05, 4.69) is 264 Å². The highest BCUT2D eigenvalue weighted by Gasteiger charge is 2.21. The summed E-state index contributed by atoms with van der Waals surface area (Å²) in [6.07, 6.45) is 0. The molecule has 0 saturated carbocycles. The maximum absolute atomic E-state index is 2.44. The molecule has 0 atom stereocenters. The minimum atomic E-state index is 1.08. The molecule has 0 unspecified atom stereocenters. The molecule has 0 spiro atoms. The van der Waals surface area contributed by atoms with Gasteiger partial charge in [-0.25, -0.2) is 0 Å². The van der Waals surface area contributed by atoms with Crippen LogP contribution >= 0.6 is 0 Å². The van der Waals surface area contributed by atoms with E-state index in [0.29, 0.717) is 0 Å². The molecule has 0 N–H and O–H groups in total. The predicted molar refractivity (Wildman–Crippen MR) is 272 cm³/mol. The summed E-state index contributed by atoms with van der Waals surface area (Å²) < 4.78 is 2.40. The monoisotopic (exact) mass is 814 g/mol. The van der Waals surface area contributed by atoms with E-state index in [1.165, 1.54) is 76.7 Å². The predicted octanol–water partition coefficient (Wildman–Crippen LogP) is 17.2. The molecule has 0 saturated heterocycles. The van der Waals surface area contributed by atoms with Crippen molar-refractivity contribution in [3.8, 4) is 50.2 Å². The van der Waals surface area contributed by atoms with Crippen LogP contribution < -0.4 is 4.90 Å². The molecule has 12 aromatic rings. The Balaban J connectivity index is 1.05. The van der Waals surface area contributed by atoms with E-state index in [0.717, 1.165) is 33.9 Å². The van der Waals surface area contributed by atoms with Crippen molar-refractivity contribution >= 4 is 60.4 Å². The Bertz CT molecular complexity index is 3610. The van der Waals surface area contributed by atoms with Crippen molar-refractivity contribution in [2.75, 3.05) is 4.90 Å². The van der Waals surface area contributed by atoms with Crippen LogP contribution in [0.25, 0.3) is 93.5 Å². The van der Waals surface area contributed by atoms with Gasteiger partial charge in [-0.1, -0.05) is 194 Å². The molecule has 2 heteroatoms. The number of fused-ring (bicyclic) bond motifs is 5. The van der Waals surface area contributed by atoms with E-state index in [-0.39, 0.29) is 0 Å². The van der Waals surface area contributed by atoms with Gasteiger partial charge in [0.15, 0.2) is 0 Å². The van der Waals surface area contributed by atoms with Crippen molar-refractivity contribution < 1.29 is 0 Å². The van der Waals surface area contributed by atoms with Crippen molar-refractivity contribution in [1.29, 1.82) is 0 Å². The number of nitrogens with zero attached hydrogens (tertiary/aromatic N) is 2. The number of anilines is 3. The topological polar surface area (TPSA) is 8.17 Å². The van der Waals surface area contributed by atoms with Gasteiger partial charge >= 0.3 is 0 Å². The molecule has 300 valence electrons. The van der Waals surface area contributed by atoms with Gasteiger partial charge in [-0.15, -0.1) is 0 Å². The SMILES string of the molecule is c1ccc(-c2ccc(N(c3ccc(-c4cccc(-n5c6ccccc6c6ccccc65)c4)c(-c4ccccc4)c3)c3ccc(-c4ccc5ccccc5c4)c4ccccc34)cc2)cc1. The molecule has 0 aliphatic heterocycles. The number of hydrogen-bond acceptors (Lipinski definition) is 1. The molecule has 1 heterocycles. The van der Waals surface area contributed by atoms with Crippen LogP contribution in [0.1, 0.15) is 0 Å². The Hall–Kier alpha value is -8.46. The van der Waals surface area contributed by atoms with Crippen molar-refractivity contribution in [3.63, 3.8) is 0 Å². The molecule has 2 nitrogen and oxygen atoms in total. The van der Waals surface area contributed by atoms with Crippen LogP contribution in [0.15, 0.2) is 255 Å². The van der Waals surface area contributed by atoms with E-state index in [4.69, 9.17) is 0 Å². The molecule has 1 aromatic heterocycles. The van der Waals surface area contributed by atoms with E-state index < -0.39 is 0 Å². The third-order valence-electron chi connectivity index (χ3n) is 12.8. The second kappa shape index (κ2) is 15.8. The van der Waals surface area contributed by atoms with Gasteiger partial charge in [-0.3, -0.25) is 0 Å². The zero-order valence-corrected chi connectivity index (χ0v) is 35.1. The second-order valence-electron chi connectivity index (χ2n) is 16.5. The van der Waals surface area contributed by atoms with E-state index in [1.807, 2.05) is 0 Å².